The molecule has 0 saturated heterocycles. The van der Waals surface area contributed by atoms with Crippen molar-refractivity contribution < 1.29 is 0 Å². The fourth-order valence-corrected chi connectivity index (χ4v) is 5.52. The van der Waals surface area contributed by atoms with E-state index in [4.69, 9.17) is 51.8 Å². The van der Waals surface area contributed by atoms with Gasteiger partial charge in [0.1, 0.15) is 0 Å². The molecule has 4 aromatic carbocycles. The predicted molar refractivity (Wildman–Crippen MR) is 152 cm³/mol. The van der Waals surface area contributed by atoms with Crippen LogP contribution in [0.5, 0.6) is 0 Å². The van der Waals surface area contributed by atoms with E-state index in [0.717, 1.165) is 33.3 Å². The van der Waals surface area contributed by atoms with Gasteiger partial charge in [-0.15, -0.1) is 0 Å². The summed E-state index contributed by atoms with van der Waals surface area (Å²) in [7, 11) is 0. The van der Waals surface area contributed by atoms with Crippen LogP contribution in [0.25, 0.3) is 22.2 Å². The standard InChI is InChI=1S/C29H23Cl4N3/c30-23-9-6-20(25(32)17-23)12-14-35-27-11-8-22(19-4-2-1-3-5-19)16-28(27)36(29(35)34)15-13-21-7-10-24(31)18-26(21)33/h1-11,16-18,34H,12-15H2. The van der Waals surface area contributed by atoms with Crippen LogP contribution in [0.15, 0.2) is 84.9 Å². The van der Waals surface area contributed by atoms with Gasteiger partial charge < -0.3 is 9.13 Å². The van der Waals surface area contributed by atoms with E-state index < -0.39 is 0 Å². The highest BCUT2D eigenvalue weighted by atomic mass is 35.5. The lowest BCUT2D eigenvalue weighted by Gasteiger charge is -2.08. The minimum atomic E-state index is 0.436. The second kappa shape index (κ2) is 10.7. The summed E-state index contributed by atoms with van der Waals surface area (Å²) in [5.74, 6) is 0. The van der Waals surface area contributed by atoms with Crippen LogP contribution in [0.3, 0.4) is 0 Å². The Bertz CT molecular complexity index is 1600. The zero-order valence-corrected chi connectivity index (χ0v) is 22.3. The van der Waals surface area contributed by atoms with Crippen LogP contribution >= 0.6 is 46.4 Å². The molecule has 1 N–H and O–H groups in total. The Morgan fingerprint density at radius 2 is 1.11 bits per heavy atom. The summed E-state index contributed by atoms with van der Waals surface area (Å²) in [5, 5.41) is 11.6. The molecular formula is C29H23Cl4N3. The number of imidazole rings is 1. The van der Waals surface area contributed by atoms with Crippen LogP contribution in [-0.4, -0.2) is 9.13 Å². The normalized spacial score (nSPS) is 11.3. The zero-order valence-electron chi connectivity index (χ0n) is 19.3. The van der Waals surface area contributed by atoms with Gasteiger partial charge in [-0.25, -0.2) is 0 Å². The topological polar surface area (TPSA) is 33.7 Å². The predicted octanol–water partition coefficient (Wildman–Crippen LogP) is 8.69. The summed E-state index contributed by atoms with van der Waals surface area (Å²) in [5.41, 5.74) is 6.70. The summed E-state index contributed by atoms with van der Waals surface area (Å²) < 4.78 is 4.09. The van der Waals surface area contributed by atoms with E-state index in [0.29, 0.717) is 51.6 Å². The van der Waals surface area contributed by atoms with Crippen molar-refractivity contribution in [3.05, 3.63) is 122 Å². The van der Waals surface area contributed by atoms with E-state index in [1.54, 1.807) is 12.1 Å². The first kappa shape index (κ1) is 25.0. The van der Waals surface area contributed by atoms with Gasteiger partial charge in [-0.05, 0) is 71.5 Å². The highest BCUT2D eigenvalue weighted by molar-refractivity contribution is 6.35. The van der Waals surface area contributed by atoms with Crippen LogP contribution in [-0.2, 0) is 25.9 Å². The third-order valence-corrected chi connectivity index (χ3v) is 7.59. The largest absolute Gasteiger partial charge is 0.310 e. The van der Waals surface area contributed by atoms with E-state index in [2.05, 4.69) is 34.9 Å². The van der Waals surface area contributed by atoms with Gasteiger partial charge in [0, 0.05) is 33.2 Å². The van der Waals surface area contributed by atoms with Crippen LogP contribution < -0.4 is 5.62 Å². The van der Waals surface area contributed by atoms with Crippen molar-refractivity contribution in [1.29, 1.82) is 5.41 Å². The molecule has 182 valence electrons. The minimum absolute atomic E-state index is 0.436. The molecule has 36 heavy (non-hydrogen) atoms. The molecule has 5 rings (SSSR count). The number of aromatic nitrogens is 2. The summed E-state index contributed by atoms with van der Waals surface area (Å²) in [6.45, 7) is 1.24. The molecule has 3 nitrogen and oxygen atoms in total. The fourth-order valence-electron chi connectivity index (χ4n) is 4.52. The molecule has 0 radical (unpaired) electrons. The lowest BCUT2D eigenvalue weighted by molar-refractivity contribution is 0.595. The van der Waals surface area contributed by atoms with Crippen LogP contribution in [0.4, 0.5) is 0 Å². The maximum atomic E-state index is 9.07. The van der Waals surface area contributed by atoms with Gasteiger partial charge in [-0.3, -0.25) is 5.41 Å². The van der Waals surface area contributed by atoms with Crippen LogP contribution in [0.2, 0.25) is 20.1 Å². The summed E-state index contributed by atoms with van der Waals surface area (Å²) >= 11 is 25.0. The molecule has 0 unspecified atom stereocenters. The number of nitrogens with zero attached hydrogens (tertiary/aromatic N) is 2. The number of aryl methyl sites for hydroxylation is 4. The van der Waals surface area contributed by atoms with E-state index in [1.165, 1.54) is 0 Å². The molecule has 0 fully saturated rings. The second-order valence-electron chi connectivity index (χ2n) is 8.67. The van der Waals surface area contributed by atoms with Crippen molar-refractivity contribution >= 4 is 57.4 Å². The molecule has 0 bridgehead atoms. The van der Waals surface area contributed by atoms with E-state index in [-0.39, 0.29) is 0 Å². The number of benzene rings is 4. The molecule has 7 heteroatoms. The van der Waals surface area contributed by atoms with Gasteiger partial charge >= 0.3 is 0 Å². The first-order valence-corrected chi connectivity index (χ1v) is 13.1. The third kappa shape index (κ3) is 5.21. The number of hydrogen-bond acceptors (Lipinski definition) is 1. The van der Waals surface area contributed by atoms with Gasteiger partial charge in [0.25, 0.3) is 0 Å². The number of rotatable bonds is 7. The zero-order chi connectivity index (χ0) is 25.2. The minimum Gasteiger partial charge on any atom is -0.310 e. The molecule has 5 aromatic rings. The average molecular weight is 555 g/mol. The van der Waals surface area contributed by atoms with E-state index >= 15 is 0 Å². The lowest BCUT2D eigenvalue weighted by atomic mass is 10.1. The molecule has 0 amide bonds. The van der Waals surface area contributed by atoms with Crippen molar-refractivity contribution in [2.45, 2.75) is 25.9 Å². The maximum Gasteiger partial charge on any atom is 0.203 e. The molecular weight excluding hydrogens is 532 g/mol. The van der Waals surface area contributed by atoms with Crippen LogP contribution in [0, 0.1) is 5.41 Å². The Labute approximate surface area is 229 Å². The Morgan fingerprint density at radius 1 is 0.556 bits per heavy atom. The Morgan fingerprint density at radius 3 is 1.67 bits per heavy atom. The summed E-state index contributed by atoms with van der Waals surface area (Å²) in [6, 6.07) is 27.8. The molecule has 0 aliphatic rings. The number of hydrogen-bond donors (Lipinski definition) is 1. The highest BCUT2D eigenvalue weighted by Crippen LogP contribution is 2.27. The number of fused-ring (bicyclic) bond motifs is 1. The molecule has 1 aromatic heterocycles. The quantitative estimate of drug-likeness (QED) is 0.209. The monoisotopic (exact) mass is 553 g/mol. The number of nitrogens with one attached hydrogen (secondary N) is 1. The highest BCUT2D eigenvalue weighted by Gasteiger charge is 2.14. The molecule has 0 aliphatic heterocycles. The first-order chi connectivity index (χ1) is 17.4. The van der Waals surface area contributed by atoms with Crippen molar-refractivity contribution in [3.8, 4) is 11.1 Å². The average Bonchev–Trinajstić information content (AvgIpc) is 3.13. The molecule has 1 heterocycles. The number of halogens is 4. The van der Waals surface area contributed by atoms with Gasteiger partial charge in [0.15, 0.2) is 0 Å². The maximum absolute atomic E-state index is 9.07. The van der Waals surface area contributed by atoms with Crippen molar-refractivity contribution in [2.75, 3.05) is 0 Å². The van der Waals surface area contributed by atoms with Crippen molar-refractivity contribution in [3.63, 3.8) is 0 Å². The van der Waals surface area contributed by atoms with Crippen LogP contribution in [0.1, 0.15) is 11.1 Å². The SMILES string of the molecule is N=c1n(CCc2ccc(Cl)cc2Cl)c2ccc(-c3ccccc3)cc2n1CCc1ccc(Cl)cc1Cl. The first-order valence-electron chi connectivity index (χ1n) is 11.6. The second-order valence-corrected chi connectivity index (χ2v) is 10.4. The molecule has 0 spiro atoms. The Balaban J connectivity index is 1.54. The Hall–Kier alpha value is -2.69. The summed E-state index contributed by atoms with van der Waals surface area (Å²) in [6.07, 6.45) is 1.37. The molecule has 0 aliphatic carbocycles. The molecule has 0 atom stereocenters. The van der Waals surface area contributed by atoms with E-state index in [1.807, 2.05) is 47.0 Å². The van der Waals surface area contributed by atoms with E-state index in [9.17, 15) is 0 Å². The smallest absolute Gasteiger partial charge is 0.203 e. The Kier molecular flexibility index (Phi) is 7.45. The van der Waals surface area contributed by atoms with Gasteiger partial charge in [0.05, 0.1) is 11.0 Å². The van der Waals surface area contributed by atoms with Gasteiger partial charge in [-0.2, -0.15) is 0 Å². The van der Waals surface area contributed by atoms with Gasteiger partial charge in [0.2, 0.25) is 5.62 Å². The lowest BCUT2D eigenvalue weighted by Crippen LogP contribution is -2.26. The van der Waals surface area contributed by atoms with Gasteiger partial charge in [-0.1, -0.05) is 94.9 Å². The molecule has 0 saturated carbocycles. The fraction of sp³-hybridized carbons (Fsp3) is 0.138. The van der Waals surface area contributed by atoms with Crippen molar-refractivity contribution in [1.82, 2.24) is 9.13 Å². The third-order valence-electron chi connectivity index (χ3n) is 6.42. The summed E-state index contributed by atoms with van der Waals surface area (Å²) in [4.78, 5) is 0. The van der Waals surface area contributed by atoms with Crippen molar-refractivity contribution in [2.24, 2.45) is 0 Å².